The molecule has 0 aliphatic carbocycles. The molecular formula is C23H26O7S. The average molecular weight is 447 g/mol. The summed E-state index contributed by atoms with van der Waals surface area (Å²) in [5, 5.41) is 0. The second-order valence-electron chi connectivity index (χ2n) is 7.43. The first kappa shape index (κ1) is 22.7. The van der Waals surface area contributed by atoms with Crippen LogP contribution < -0.4 is 14.2 Å². The van der Waals surface area contributed by atoms with Crippen LogP contribution in [-0.4, -0.2) is 47.4 Å². The van der Waals surface area contributed by atoms with Gasteiger partial charge in [0.25, 0.3) is 0 Å². The number of sulfone groups is 1. The molecule has 0 spiro atoms. The minimum Gasteiger partial charge on any atom is -0.493 e. The van der Waals surface area contributed by atoms with E-state index in [0.29, 0.717) is 46.1 Å². The number of benzene rings is 2. The molecule has 7 nitrogen and oxygen atoms in total. The quantitative estimate of drug-likeness (QED) is 0.640. The molecular weight excluding hydrogens is 420 g/mol. The van der Waals surface area contributed by atoms with Gasteiger partial charge in [0.1, 0.15) is 5.76 Å². The molecule has 0 bridgehead atoms. The molecule has 166 valence electrons. The Hall–Kier alpha value is -3.00. The van der Waals surface area contributed by atoms with Crippen LogP contribution in [0.4, 0.5) is 0 Å². The van der Waals surface area contributed by atoms with E-state index >= 15 is 0 Å². The molecule has 1 heterocycles. The number of hydrogen-bond acceptors (Lipinski definition) is 7. The smallest absolute Gasteiger partial charge is 0.210 e. The second kappa shape index (κ2) is 8.26. The summed E-state index contributed by atoms with van der Waals surface area (Å²) >= 11 is 0. The minimum atomic E-state index is -3.34. The number of hydrogen-bond donors (Lipinski definition) is 0. The Kier molecular flexibility index (Phi) is 6.04. The number of Topliss-reactive ketones (excluding diaryl/α,β-unsaturated/α-hetero) is 1. The highest BCUT2D eigenvalue weighted by Crippen LogP contribution is 2.47. The molecule has 8 heteroatoms. The van der Waals surface area contributed by atoms with Crippen molar-refractivity contribution in [1.82, 2.24) is 0 Å². The zero-order chi connectivity index (χ0) is 23.0. The number of rotatable bonds is 7. The zero-order valence-corrected chi connectivity index (χ0v) is 19.3. The lowest BCUT2D eigenvalue weighted by molar-refractivity contribution is -0.126. The van der Waals surface area contributed by atoms with Gasteiger partial charge >= 0.3 is 0 Å². The van der Waals surface area contributed by atoms with Crippen molar-refractivity contribution < 1.29 is 32.2 Å². The molecule has 1 unspecified atom stereocenters. The molecule has 31 heavy (non-hydrogen) atoms. The van der Waals surface area contributed by atoms with Gasteiger partial charge in [-0.25, -0.2) is 8.42 Å². The number of ether oxygens (including phenoxy) is 4. The summed E-state index contributed by atoms with van der Waals surface area (Å²) in [6.45, 7) is 3.62. The van der Waals surface area contributed by atoms with Crippen LogP contribution in [0.1, 0.15) is 31.4 Å². The highest BCUT2D eigenvalue weighted by atomic mass is 32.2. The fourth-order valence-corrected chi connectivity index (χ4v) is 4.10. The Bertz CT molecular complexity index is 1120. The van der Waals surface area contributed by atoms with Gasteiger partial charge in [-0.2, -0.15) is 0 Å². The number of carbonyl (C=O) groups excluding carboxylic acids is 1. The molecule has 0 fully saturated rings. The Morgan fingerprint density at radius 1 is 0.935 bits per heavy atom. The van der Waals surface area contributed by atoms with E-state index in [9.17, 15) is 13.2 Å². The van der Waals surface area contributed by atoms with Crippen molar-refractivity contribution in [2.45, 2.75) is 30.8 Å². The molecule has 0 aromatic heterocycles. The molecule has 0 N–H and O–H groups in total. The Morgan fingerprint density at radius 2 is 1.48 bits per heavy atom. The van der Waals surface area contributed by atoms with E-state index in [2.05, 4.69) is 0 Å². The number of ketones is 1. The molecule has 0 amide bonds. The summed E-state index contributed by atoms with van der Waals surface area (Å²) in [5.74, 6) is 1.44. The maximum Gasteiger partial charge on any atom is 0.210 e. The predicted octanol–water partition coefficient (Wildman–Crippen LogP) is 3.75. The van der Waals surface area contributed by atoms with Crippen molar-refractivity contribution in [3.8, 4) is 17.2 Å². The minimum absolute atomic E-state index is 0.175. The highest BCUT2D eigenvalue weighted by Gasteiger charge is 2.45. The van der Waals surface area contributed by atoms with Gasteiger partial charge in [0.05, 0.1) is 31.8 Å². The fourth-order valence-electron chi connectivity index (χ4n) is 3.47. The topological polar surface area (TPSA) is 88.1 Å². The van der Waals surface area contributed by atoms with Gasteiger partial charge in [-0.1, -0.05) is 6.92 Å². The Labute approximate surface area is 182 Å². The summed E-state index contributed by atoms with van der Waals surface area (Å²) in [6.07, 6.45) is 1.61. The summed E-state index contributed by atoms with van der Waals surface area (Å²) in [7, 11) is 1.17. The molecule has 0 saturated heterocycles. The van der Waals surface area contributed by atoms with Gasteiger partial charge < -0.3 is 18.9 Å². The van der Waals surface area contributed by atoms with Crippen molar-refractivity contribution in [2.24, 2.45) is 0 Å². The van der Waals surface area contributed by atoms with Crippen molar-refractivity contribution in [2.75, 3.05) is 27.6 Å². The summed E-state index contributed by atoms with van der Waals surface area (Å²) < 4.78 is 46.1. The fraction of sp³-hybridized carbons (Fsp3) is 0.348. The standard InChI is InChI=1S/C23H26O7S/c1-7-23(2)22(24)19(15-12-17(27-3)21(29-5)18(13-15)28-4)20(30-23)14-8-10-16(11-9-14)31(6,25)26/h8-13H,7H2,1-6H3. The van der Waals surface area contributed by atoms with Crippen LogP contribution in [0.3, 0.4) is 0 Å². The molecule has 2 aromatic rings. The second-order valence-corrected chi connectivity index (χ2v) is 9.45. The van der Waals surface area contributed by atoms with Crippen LogP contribution in [0.5, 0.6) is 17.2 Å². The predicted molar refractivity (Wildman–Crippen MR) is 117 cm³/mol. The van der Waals surface area contributed by atoms with Crippen molar-refractivity contribution in [3.63, 3.8) is 0 Å². The van der Waals surface area contributed by atoms with Crippen LogP contribution in [0.15, 0.2) is 41.3 Å². The molecule has 1 aliphatic rings. The van der Waals surface area contributed by atoms with Crippen molar-refractivity contribution >= 4 is 27.0 Å². The van der Waals surface area contributed by atoms with Gasteiger partial charge in [-0.3, -0.25) is 4.79 Å². The lowest BCUT2D eigenvalue weighted by atomic mass is 9.89. The largest absolute Gasteiger partial charge is 0.493 e. The summed E-state index contributed by atoms with van der Waals surface area (Å²) in [4.78, 5) is 13.6. The Morgan fingerprint density at radius 3 is 1.90 bits per heavy atom. The van der Waals surface area contributed by atoms with E-state index < -0.39 is 15.4 Å². The summed E-state index contributed by atoms with van der Waals surface area (Å²) in [6, 6.07) is 9.67. The van der Waals surface area contributed by atoms with Gasteiger partial charge in [0.2, 0.25) is 11.5 Å². The zero-order valence-electron chi connectivity index (χ0n) is 18.4. The summed E-state index contributed by atoms with van der Waals surface area (Å²) in [5.41, 5.74) is 0.483. The first-order valence-corrected chi connectivity index (χ1v) is 11.6. The SMILES string of the molecule is CCC1(C)OC(c2ccc(S(C)(=O)=O)cc2)=C(c2cc(OC)c(OC)c(OC)c2)C1=O. The maximum absolute atomic E-state index is 13.4. The molecule has 2 aromatic carbocycles. The van der Waals surface area contributed by atoms with Gasteiger partial charge in [0.15, 0.2) is 26.9 Å². The van der Waals surface area contributed by atoms with Crippen LogP contribution in [0.25, 0.3) is 11.3 Å². The first-order valence-electron chi connectivity index (χ1n) is 9.68. The normalized spacial score (nSPS) is 18.7. The van der Waals surface area contributed by atoms with Crippen LogP contribution in [0.2, 0.25) is 0 Å². The highest BCUT2D eigenvalue weighted by molar-refractivity contribution is 7.90. The third kappa shape index (κ3) is 3.99. The average Bonchev–Trinajstić information content (AvgIpc) is 3.03. The third-order valence-corrected chi connectivity index (χ3v) is 6.56. The molecule has 1 atom stereocenters. The lowest BCUT2D eigenvalue weighted by Gasteiger charge is -2.21. The first-order chi connectivity index (χ1) is 14.6. The maximum atomic E-state index is 13.4. The molecule has 3 rings (SSSR count). The van der Waals surface area contributed by atoms with Gasteiger partial charge in [-0.05, 0) is 55.3 Å². The van der Waals surface area contributed by atoms with Crippen molar-refractivity contribution in [3.05, 3.63) is 47.5 Å². The third-order valence-electron chi connectivity index (χ3n) is 5.43. The van der Waals surface area contributed by atoms with E-state index in [1.807, 2.05) is 6.92 Å². The van der Waals surface area contributed by atoms with E-state index in [-0.39, 0.29) is 10.7 Å². The van der Waals surface area contributed by atoms with Crippen LogP contribution >= 0.6 is 0 Å². The molecule has 0 radical (unpaired) electrons. The number of carbonyl (C=O) groups is 1. The van der Waals surface area contributed by atoms with E-state index in [1.165, 1.54) is 33.5 Å². The van der Waals surface area contributed by atoms with Gasteiger partial charge in [0, 0.05) is 11.8 Å². The molecule has 1 aliphatic heterocycles. The van der Waals surface area contributed by atoms with E-state index in [4.69, 9.17) is 18.9 Å². The van der Waals surface area contributed by atoms with Gasteiger partial charge in [-0.15, -0.1) is 0 Å². The van der Waals surface area contributed by atoms with Crippen LogP contribution in [-0.2, 0) is 19.4 Å². The lowest BCUT2D eigenvalue weighted by Crippen LogP contribution is -2.32. The van der Waals surface area contributed by atoms with E-state index in [1.54, 1.807) is 31.2 Å². The Balaban J connectivity index is 2.25. The van der Waals surface area contributed by atoms with Crippen LogP contribution in [0, 0.1) is 0 Å². The van der Waals surface area contributed by atoms with E-state index in [0.717, 1.165) is 6.26 Å². The number of methoxy groups -OCH3 is 3. The monoisotopic (exact) mass is 446 g/mol. The molecule has 0 saturated carbocycles. The van der Waals surface area contributed by atoms with Crippen molar-refractivity contribution in [1.29, 1.82) is 0 Å².